The van der Waals surface area contributed by atoms with Crippen molar-refractivity contribution in [1.29, 1.82) is 0 Å². The van der Waals surface area contributed by atoms with Gasteiger partial charge in [0.15, 0.2) is 0 Å². The highest BCUT2D eigenvalue weighted by molar-refractivity contribution is 7.81. The fourth-order valence-electron chi connectivity index (χ4n) is 2.54. The van der Waals surface area contributed by atoms with Crippen LogP contribution in [0.15, 0.2) is 0 Å². The van der Waals surface area contributed by atoms with Gasteiger partial charge < -0.3 is 0 Å². The van der Waals surface area contributed by atoms with Crippen LogP contribution in [0.3, 0.4) is 0 Å². The summed E-state index contributed by atoms with van der Waals surface area (Å²) in [6.07, 6.45) is 0.596. The molecule has 0 aromatic heterocycles. The molecule has 1 unspecified atom stereocenters. The van der Waals surface area contributed by atoms with E-state index >= 15 is 0 Å². The van der Waals surface area contributed by atoms with Crippen LogP contribution in [0, 0.1) is 5.41 Å². The van der Waals surface area contributed by atoms with E-state index in [4.69, 9.17) is 0 Å². The molecule has 0 radical (unpaired) electrons. The molecular weight excluding hydrogens is 250 g/mol. The van der Waals surface area contributed by atoms with Crippen LogP contribution >= 0.6 is 12.6 Å². The molecule has 18 heavy (non-hydrogen) atoms. The van der Waals surface area contributed by atoms with Gasteiger partial charge in [-0.1, -0.05) is 13.8 Å². The third kappa shape index (κ3) is 2.76. The van der Waals surface area contributed by atoms with Gasteiger partial charge in [-0.05, 0) is 27.2 Å². The zero-order valence-corrected chi connectivity index (χ0v) is 12.5. The lowest BCUT2D eigenvalue weighted by molar-refractivity contribution is -0.147. The minimum absolute atomic E-state index is 0.0529. The van der Waals surface area contributed by atoms with E-state index < -0.39 is 16.2 Å². The largest absolute Gasteiger partial charge is 0.299 e. The number of rotatable bonds is 4. The average molecular weight is 271 g/mol. The number of nitrogens with zero attached hydrogens (tertiary/aromatic N) is 1. The van der Waals surface area contributed by atoms with Crippen molar-refractivity contribution in [2.45, 2.75) is 58.2 Å². The van der Waals surface area contributed by atoms with Crippen molar-refractivity contribution in [3.63, 3.8) is 0 Å². The number of ketones is 1. The SMILES string of the molecule is CC(=O)C(C)(C)CC(C)(C)N1C(=O)CC(S)C1=O. The molecule has 2 amide bonds. The minimum Gasteiger partial charge on any atom is -0.299 e. The predicted molar refractivity (Wildman–Crippen MR) is 72.4 cm³/mol. The summed E-state index contributed by atoms with van der Waals surface area (Å²) in [6.45, 7) is 8.84. The van der Waals surface area contributed by atoms with Crippen LogP contribution in [0.25, 0.3) is 0 Å². The monoisotopic (exact) mass is 271 g/mol. The molecule has 1 aliphatic rings. The topological polar surface area (TPSA) is 54.5 Å². The highest BCUT2D eigenvalue weighted by Crippen LogP contribution is 2.36. The second-order valence-electron chi connectivity index (χ2n) is 6.22. The number of carbonyl (C=O) groups is 3. The Morgan fingerprint density at radius 2 is 1.83 bits per heavy atom. The first-order valence-corrected chi connectivity index (χ1v) is 6.57. The summed E-state index contributed by atoms with van der Waals surface area (Å²) in [5.41, 5.74) is -1.22. The Balaban J connectivity index is 2.97. The molecule has 0 saturated carbocycles. The van der Waals surface area contributed by atoms with E-state index in [1.165, 1.54) is 11.8 Å². The Morgan fingerprint density at radius 3 is 2.17 bits per heavy atom. The molecule has 1 saturated heterocycles. The summed E-state index contributed by atoms with van der Waals surface area (Å²) < 4.78 is 0. The van der Waals surface area contributed by atoms with E-state index in [-0.39, 0.29) is 24.0 Å². The Labute approximate surface area is 114 Å². The normalized spacial score (nSPS) is 21.7. The van der Waals surface area contributed by atoms with E-state index in [1.54, 1.807) is 0 Å². The second kappa shape index (κ2) is 4.68. The summed E-state index contributed by atoms with van der Waals surface area (Å²) in [4.78, 5) is 36.7. The molecule has 102 valence electrons. The number of hydrogen-bond acceptors (Lipinski definition) is 4. The molecule has 0 N–H and O–H groups in total. The smallest absolute Gasteiger partial charge is 0.243 e. The number of Topliss-reactive ketones (excluding diaryl/α,β-unsaturated/α-hetero) is 1. The van der Waals surface area contributed by atoms with Crippen molar-refractivity contribution in [2.24, 2.45) is 5.41 Å². The van der Waals surface area contributed by atoms with Gasteiger partial charge in [0.2, 0.25) is 11.8 Å². The first-order valence-electron chi connectivity index (χ1n) is 6.05. The standard InChI is InChI=1S/C13H21NO3S/c1-8(15)12(2,3)7-13(4,5)14-10(16)6-9(18)11(14)17/h9,18H,6-7H2,1-5H3. The third-order valence-electron chi connectivity index (χ3n) is 3.56. The maximum Gasteiger partial charge on any atom is 0.243 e. The number of carbonyl (C=O) groups excluding carboxylic acids is 3. The summed E-state index contributed by atoms with van der Waals surface area (Å²) >= 11 is 4.11. The lowest BCUT2D eigenvalue weighted by atomic mass is 9.77. The van der Waals surface area contributed by atoms with E-state index in [9.17, 15) is 14.4 Å². The zero-order valence-electron chi connectivity index (χ0n) is 11.6. The van der Waals surface area contributed by atoms with Crippen LogP contribution in [-0.2, 0) is 14.4 Å². The number of thiol groups is 1. The predicted octanol–water partition coefficient (Wildman–Crippen LogP) is 1.83. The molecular formula is C13H21NO3S. The summed E-state index contributed by atoms with van der Waals surface area (Å²) in [6, 6.07) is 0. The second-order valence-corrected chi connectivity index (χ2v) is 6.84. The third-order valence-corrected chi connectivity index (χ3v) is 3.96. The van der Waals surface area contributed by atoms with Gasteiger partial charge in [0.25, 0.3) is 0 Å². The molecule has 0 bridgehead atoms. The minimum atomic E-state index is -0.666. The molecule has 1 fully saturated rings. The molecule has 0 aromatic carbocycles. The van der Waals surface area contributed by atoms with Gasteiger partial charge in [-0.15, -0.1) is 0 Å². The quantitative estimate of drug-likeness (QED) is 0.627. The molecule has 0 spiro atoms. The van der Waals surface area contributed by atoms with Gasteiger partial charge in [0.05, 0.1) is 5.25 Å². The maximum absolute atomic E-state index is 12.0. The van der Waals surface area contributed by atoms with Crippen LogP contribution in [-0.4, -0.2) is 33.3 Å². The van der Waals surface area contributed by atoms with E-state index in [0.717, 1.165) is 0 Å². The van der Waals surface area contributed by atoms with Crippen LogP contribution < -0.4 is 0 Å². The van der Waals surface area contributed by atoms with Crippen LogP contribution in [0.2, 0.25) is 0 Å². The van der Waals surface area contributed by atoms with E-state index in [2.05, 4.69) is 12.6 Å². The van der Waals surface area contributed by atoms with E-state index in [0.29, 0.717) is 6.42 Å². The van der Waals surface area contributed by atoms with Crippen molar-refractivity contribution in [3.8, 4) is 0 Å². The van der Waals surface area contributed by atoms with Crippen molar-refractivity contribution in [3.05, 3.63) is 0 Å². The Hall–Kier alpha value is -0.840. The molecule has 1 rings (SSSR count). The maximum atomic E-state index is 12.0. The molecule has 5 heteroatoms. The Bertz CT molecular complexity index is 401. The van der Waals surface area contributed by atoms with Crippen molar-refractivity contribution in [1.82, 2.24) is 4.90 Å². The van der Waals surface area contributed by atoms with E-state index in [1.807, 2.05) is 27.7 Å². The Kier molecular flexibility index (Phi) is 3.96. The van der Waals surface area contributed by atoms with Gasteiger partial charge in [0, 0.05) is 17.4 Å². The highest BCUT2D eigenvalue weighted by Gasteiger charge is 2.47. The first-order chi connectivity index (χ1) is 7.99. The lowest BCUT2D eigenvalue weighted by Gasteiger charge is -2.39. The molecule has 0 aromatic rings. The highest BCUT2D eigenvalue weighted by atomic mass is 32.1. The molecule has 0 aliphatic carbocycles. The number of hydrogen-bond donors (Lipinski definition) is 1. The number of amides is 2. The fourth-order valence-corrected chi connectivity index (χ4v) is 2.81. The van der Waals surface area contributed by atoms with Crippen LogP contribution in [0.1, 0.15) is 47.5 Å². The molecule has 1 aliphatic heterocycles. The van der Waals surface area contributed by atoms with Crippen molar-refractivity contribution in [2.75, 3.05) is 0 Å². The van der Waals surface area contributed by atoms with Gasteiger partial charge in [-0.2, -0.15) is 12.6 Å². The molecule has 1 atom stereocenters. The summed E-state index contributed by atoms with van der Waals surface area (Å²) in [7, 11) is 0. The lowest BCUT2D eigenvalue weighted by Crippen LogP contribution is -2.51. The van der Waals surface area contributed by atoms with Gasteiger partial charge in [-0.25, -0.2) is 0 Å². The zero-order chi connectivity index (χ0) is 14.3. The Morgan fingerprint density at radius 1 is 1.33 bits per heavy atom. The number of imide groups is 1. The first kappa shape index (κ1) is 15.2. The van der Waals surface area contributed by atoms with Gasteiger partial charge >= 0.3 is 0 Å². The van der Waals surface area contributed by atoms with Gasteiger partial charge in [0.1, 0.15) is 5.78 Å². The molecule has 4 nitrogen and oxygen atoms in total. The summed E-state index contributed by atoms with van der Waals surface area (Å²) in [5.74, 6) is -0.408. The van der Waals surface area contributed by atoms with Crippen LogP contribution in [0.4, 0.5) is 0 Å². The van der Waals surface area contributed by atoms with Crippen molar-refractivity contribution < 1.29 is 14.4 Å². The van der Waals surface area contributed by atoms with Crippen molar-refractivity contribution >= 4 is 30.2 Å². The average Bonchev–Trinajstić information content (AvgIpc) is 2.38. The summed E-state index contributed by atoms with van der Waals surface area (Å²) in [5, 5.41) is -0.544. The van der Waals surface area contributed by atoms with Crippen LogP contribution in [0.5, 0.6) is 0 Å². The van der Waals surface area contributed by atoms with Gasteiger partial charge in [-0.3, -0.25) is 19.3 Å². The molecule has 1 heterocycles. The fraction of sp³-hybridized carbons (Fsp3) is 0.769. The number of likely N-dealkylation sites (tertiary alicyclic amines) is 1.